The lowest BCUT2D eigenvalue weighted by Crippen LogP contribution is -2.49. The van der Waals surface area contributed by atoms with Gasteiger partial charge < -0.3 is 19.9 Å². The number of ether oxygens (including phenoxy) is 1. The SMILES string of the molecule is COc1cccc2c(C)cc(N3CCN(C(=O)c4ccc5c(c4)CC(=O)N5)CC3)nc12. The number of carbonyl (C=O) groups is 2. The number of pyridine rings is 1. The van der Waals surface area contributed by atoms with Crippen LogP contribution in [-0.2, 0) is 11.2 Å². The predicted octanol–water partition coefficient (Wildman–Crippen LogP) is 3.01. The van der Waals surface area contributed by atoms with Crippen molar-refractivity contribution >= 4 is 34.2 Å². The van der Waals surface area contributed by atoms with E-state index in [1.54, 1.807) is 13.2 Å². The molecular weight excluding hydrogens is 392 g/mol. The van der Waals surface area contributed by atoms with Crippen LogP contribution >= 0.6 is 0 Å². The highest BCUT2D eigenvalue weighted by Crippen LogP contribution is 2.30. The maximum atomic E-state index is 13.0. The number of rotatable bonds is 3. The second-order valence-corrected chi connectivity index (χ2v) is 8.03. The van der Waals surface area contributed by atoms with Gasteiger partial charge in [-0.3, -0.25) is 9.59 Å². The Balaban J connectivity index is 1.32. The van der Waals surface area contributed by atoms with Crippen LogP contribution in [0.3, 0.4) is 0 Å². The van der Waals surface area contributed by atoms with Crippen LogP contribution in [0, 0.1) is 6.92 Å². The molecule has 2 aromatic carbocycles. The van der Waals surface area contributed by atoms with Crippen molar-refractivity contribution in [2.75, 3.05) is 43.5 Å². The zero-order valence-corrected chi connectivity index (χ0v) is 17.6. The zero-order valence-electron chi connectivity index (χ0n) is 17.6. The number of benzene rings is 2. The maximum Gasteiger partial charge on any atom is 0.253 e. The standard InChI is InChI=1S/C24H24N4O3/c1-15-12-21(26-23-18(15)4-3-5-20(23)31-2)27-8-10-28(11-9-27)24(30)16-6-7-19-17(13-16)14-22(29)25-19/h3-7,12-13H,8-11,14H2,1-2H3,(H,25,29). The molecule has 0 saturated carbocycles. The van der Waals surface area contributed by atoms with Gasteiger partial charge in [-0.25, -0.2) is 4.98 Å². The lowest BCUT2D eigenvalue weighted by Gasteiger charge is -2.35. The third-order valence-electron chi connectivity index (χ3n) is 6.08. The molecule has 1 saturated heterocycles. The maximum absolute atomic E-state index is 13.0. The molecule has 0 unspecified atom stereocenters. The summed E-state index contributed by atoms with van der Waals surface area (Å²) in [6.45, 7) is 4.75. The van der Waals surface area contributed by atoms with Gasteiger partial charge in [0.15, 0.2) is 0 Å². The fourth-order valence-corrected chi connectivity index (χ4v) is 4.38. The minimum atomic E-state index is -0.0250. The van der Waals surface area contributed by atoms with E-state index in [1.165, 1.54) is 0 Å². The van der Waals surface area contributed by atoms with Gasteiger partial charge >= 0.3 is 0 Å². The summed E-state index contributed by atoms with van der Waals surface area (Å²) in [5.41, 5.74) is 4.34. The molecule has 2 aliphatic heterocycles. The van der Waals surface area contributed by atoms with Gasteiger partial charge in [0.1, 0.15) is 17.1 Å². The molecule has 3 aromatic rings. The minimum absolute atomic E-state index is 0.00567. The Morgan fingerprint density at radius 3 is 2.68 bits per heavy atom. The number of anilines is 2. The van der Waals surface area contributed by atoms with Gasteiger partial charge in [-0.15, -0.1) is 0 Å². The van der Waals surface area contributed by atoms with Crippen molar-refractivity contribution in [2.45, 2.75) is 13.3 Å². The van der Waals surface area contributed by atoms with E-state index in [0.29, 0.717) is 38.2 Å². The van der Waals surface area contributed by atoms with E-state index in [0.717, 1.165) is 39.3 Å². The zero-order chi connectivity index (χ0) is 21.5. The molecule has 1 aromatic heterocycles. The Labute approximate surface area is 180 Å². The van der Waals surface area contributed by atoms with Crippen LogP contribution in [0.2, 0.25) is 0 Å². The fourth-order valence-electron chi connectivity index (χ4n) is 4.38. The number of aryl methyl sites for hydroxylation is 1. The molecule has 0 atom stereocenters. The van der Waals surface area contributed by atoms with Gasteiger partial charge in [-0.1, -0.05) is 12.1 Å². The Bertz CT molecular complexity index is 1200. The summed E-state index contributed by atoms with van der Waals surface area (Å²) in [5.74, 6) is 1.65. The summed E-state index contributed by atoms with van der Waals surface area (Å²) >= 11 is 0. The van der Waals surface area contributed by atoms with E-state index >= 15 is 0 Å². The molecule has 0 aliphatic carbocycles. The topological polar surface area (TPSA) is 74.8 Å². The molecule has 31 heavy (non-hydrogen) atoms. The summed E-state index contributed by atoms with van der Waals surface area (Å²) in [7, 11) is 1.66. The average Bonchev–Trinajstić information content (AvgIpc) is 3.17. The number of hydrogen-bond donors (Lipinski definition) is 1. The Hall–Kier alpha value is -3.61. The van der Waals surface area contributed by atoms with Crippen molar-refractivity contribution < 1.29 is 14.3 Å². The monoisotopic (exact) mass is 416 g/mol. The number of amides is 2. The van der Waals surface area contributed by atoms with Gasteiger partial charge in [0.05, 0.1) is 13.5 Å². The summed E-state index contributed by atoms with van der Waals surface area (Å²) in [4.78, 5) is 33.5. The van der Waals surface area contributed by atoms with Crippen LogP contribution in [0.4, 0.5) is 11.5 Å². The van der Waals surface area contributed by atoms with Crippen LogP contribution in [-0.4, -0.2) is 55.0 Å². The number of nitrogens with one attached hydrogen (secondary N) is 1. The van der Waals surface area contributed by atoms with Crippen molar-refractivity contribution in [3.63, 3.8) is 0 Å². The van der Waals surface area contributed by atoms with Gasteiger partial charge in [0, 0.05) is 42.8 Å². The molecule has 0 bridgehead atoms. The third-order valence-corrected chi connectivity index (χ3v) is 6.08. The van der Waals surface area contributed by atoms with E-state index in [4.69, 9.17) is 9.72 Å². The number of aromatic nitrogens is 1. The number of nitrogens with zero attached hydrogens (tertiary/aromatic N) is 3. The molecule has 0 spiro atoms. The van der Waals surface area contributed by atoms with Crippen molar-refractivity contribution in [3.05, 3.63) is 59.2 Å². The summed E-state index contributed by atoms with van der Waals surface area (Å²) in [5, 5.41) is 3.89. The molecule has 0 radical (unpaired) electrons. The molecule has 5 rings (SSSR count). The number of para-hydroxylation sites is 1. The van der Waals surface area contributed by atoms with Crippen molar-refractivity contribution in [1.82, 2.24) is 9.88 Å². The molecular formula is C24H24N4O3. The van der Waals surface area contributed by atoms with E-state index in [-0.39, 0.29) is 11.8 Å². The lowest BCUT2D eigenvalue weighted by atomic mass is 10.1. The highest BCUT2D eigenvalue weighted by molar-refractivity contribution is 6.01. The highest BCUT2D eigenvalue weighted by Gasteiger charge is 2.25. The van der Waals surface area contributed by atoms with Gasteiger partial charge in [-0.05, 0) is 48.4 Å². The lowest BCUT2D eigenvalue weighted by molar-refractivity contribution is -0.115. The van der Waals surface area contributed by atoms with E-state index < -0.39 is 0 Å². The van der Waals surface area contributed by atoms with Crippen molar-refractivity contribution in [1.29, 1.82) is 0 Å². The average molecular weight is 416 g/mol. The van der Waals surface area contributed by atoms with Crippen LogP contribution in [0.15, 0.2) is 42.5 Å². The summed E-state index contributed by atoms with van der Waals surface area (Å²) in [6, 6.07) is 13.5. The molecule has 1 N–H and O–H groups in total. The second kappa shape index (κ2) is 7.58. The number of carbonyl (C=O) groups excluding carboxylic acids is 2. The molecule has 3 heterocycles. The summed E-state index contributed by atoms with van der Waals surface area (Å²) < 4.78 is 5.50. The van der Waals surface area contributed by atoms with Crippen LogP contribution in [0.1, 0.15) is 21.5 Å². The molecule has 158 valence electrons. The minimum Gasteiger partial charge on any atom is -0.494 e. The largest absolute Gasteiger partial charge is 0.494 e. The van der Waals surface area contributed by atoms with Crippen LogP contribution in [0.5, 0.6) is 5.75 Å². The molecule has 2 aliphatic rings. The van der Waals surface area contributed by atoms with Crippen molar-refractivity contribution in [2.24, 2.45) is 0 Å². The molecule has 2 amide bonds. The first-order chi connectivity index (χ1) is 15.0. The first kappa shape index (κ1) is 19.4. The van der Waals surface area contributed by atoms with E-state index in [1.807, 2.05) is 29.2 Å². The van der Waals surface area contributed by atoms with Crippen LogP contribution in [0.25, 0.3) is 10.9 Å². The van der Waals surface area contributed by atoms with Crippen molar-refractivity contribution in [3.8, 4) is 5.75 Å². The Kier molecular flexibility index (Phi) is 4.73. The quantitative estimate of drug-likeness (QED) is 0.711. The van der Waals surface area contributed by atoms with Gasteiger partial charge in [0.2, 0.25) is 5.91 Å². The first-order valence-corrected chi connectivity index (χ1v) is 10.4. The van der Waals surface area contributed by atoms with Gasteiger partial charge in [0.25, 0.3) is 5.91 Å². The predicted molar refractivity (Wildman–Crippen MR) is 120 cm³/mol. The number of piperazine rings is 1. The molecule has 7 heteroatoms. The van der Waals surface area contributed by atoms with E-state index in [2.05, 4.69) is 29.3 Å². The fraction of sp³-hybridized carbons (Fsp3) is 0.292. The Morgan fingerprint density at radius 2 is 1.90 bits per heavy atom. The molecule has 7 nitrogen and oxygen atoms in total. The van der Waals surface area contributed by atoms with E-state index in [9.17, 15) is 9.59 Å². The van der Waals surface area contributed by atoms with Crippen LogP contribution < -0.4 is 15.0 Å². The highest BCUT2D eigenvalue weighted by atomic mass is 16.5. The first-order valence-electron chi connectivity index (χ1n) is 10.4. The smallest absolute Gasteiger partial charge is 0.253 e. The number of fused-ring (bicyclic) bond motifs is 2. The third kappa shape index (κ3) is 3.46. The normalized spacial score (nSPS) is 15.7. The molecule has 1 fully saturated rings. The summed E-state index contributed by atoms with van der Waals surface area (Å²) in [6.07, 6.45) is 0.334. The van der Waals surface area contributed by atoms with Gasteiger partial charge in [-0.2, -0.15) is 0 Å². The second-order valence-electron chi connectivity index (χ2n) is 8.03. The Morgan fingerprint density at radius 1 is 1.10 bits per heavy atom. The number of methoxy groups -OCH3 is 1. The number of hydrogen-bond acceptors (Lipinski definition) is 5.